The predicted octanol–water partition coefficient (Wildman–Crippen LogP) is 0.919. The van der Waals surface area contributed by atoms with Crippen molar-refractivity contribution in [2.75, 3.05) is 26.2 Å². The maximum Gasteiger partial charge on any atom is 0.223 e. The van der Waals surface area contributed by atoms with Crippen molar-refractivity contribution in [1.29, 1.82) is 0 Å². The molecule has 0 bridgehead atoms. The van der Waals surface area contributed by atoms with Gasteiger partial charge in [-0.1, -0.05) is 0 Å². The average Bonchev–Trinajstić information content (AvgIpc) is 3.16. The van der Waals surface area contributed by atoms with E-state index in [1.165, 1.54) is 6.33 Å². The van der Waals surface area contributed by atoms with Gasteiger partial charge in [0.05, 0.1) is 0 Å². The molecule has 0 aliphatic carbocycles. The van der Waals surface area contributed by atoms with Gasteiger partial charge < -0.3 is 9.80 Å². The molecule has 0 N–H and O–H groups in total. The summed E-state index contributed by atoms with van der Waals surface area (Å²) in [6, 6.07) is 0. The van der Waals surface area contributed by atoms with Crippen LogP contribution in [0.1, 0.15) is 39.0 Å². The Morgan fingerprint density at radius 3 is 2.74 bits per heavy atom. The summed E-state index contributed by atoms with van der Waals surface area (Å²) in [6.45, 7) is 6.00. The zero-order chi connectivity index (χ0) is 16.3. The summed E-state index contributed by atoms with van der Waals surface area (Å²) in [5.74, 6) is 0.497. The van der Waals surface area contributed by atoms with Gasteiger partial charge in [-0.3, -0.25) is 14.3 Å². The van der Waals surface area contributed by atoms with E-state index in [1.54, 1.807) is 11.0 Å². The van der Waals surface area contributed by atoms with Gasteiger partial charge in [-0.25, -0.2) is 4.98 Å². The molecule has 126 valence electrons. The number of piperidine rings is 1. The minimum atomic E-state index is 0.116. The summed E-state index contributed by atoms with van der Waals surface area (Å²) in [6.07, 6.45) is 7.07. The van der Waals surface area contributed by atoms with Crippen molar-refractivity contribution < 1.29 is 9.59 Å². The summed E-state index contributed by atoms with van der Waals surface area (Å²) in [5.41, 5.74) is 0.116. The van der Waals surface area contributed by atoms with Gasteiger partial charge in [-0.05, 0) is 26.2 Å². The average molecular weight is 319 g/mol. The Bertz CT molecular complexity index is 549. The van der Waals surface area contributed by atoms with Gasteiger partial charge in [0, 0.05) is 51.0 Å². The Labute approximate surface area is 136 Å². The first-order valence-corrected chi connectivity index (χ1v) is 8.50. The maximum atomic E-state index is 12.3. The molecular weight excluding hydrogens is 294 g/mol. The number of aromatic nitrogens is 3. The van der Waals surface area contributed by atoms with Crippen LogP contribution in [0, 0.1) is 5.41 Å². The third-order valence-corrected chi connectivity index (χ3v) is 5.21. The molecule has 1 spiro atoms. The van der Waals surface area contributed by atoms with Crippen LogP contribution >= 0.6 is 0 Å². The molecule has 0 atom stereocenters. The van der Waals surface area contributed by atoms with Crippen LogP contribution in [0.3, 0.4) is 0 Å². The zero-order valence-corrected chi connectivity index (χ0v) is 13.8. The molecule has 23 heavy (non-hydrogen) atoms. The molecule has 0 aromatic carbocycles. The van der Waals surface area contributed by atoms with Crippen molar-refractivity contribution in [1.82, 2.24) is 24.6 Å². The molecule has 2 fully saturated rings. The van der Waals surface area contributed by atoms with Gasteiger partial charge >= 0.3 is 0 Å². The number of likely N-dealkylation sites (tertiary alicyclic amines) is 2. The van der Waals surface area contributed by atoms with Crippen LogP contribution in [0.15, 0.2) is 12.7 Å². The normalized spacial score (nSPS) is 20.5. The van der Waals surface area contributed by atoms with E-state index in [0.29, 0.717) is 12.8 Å². The topological polar surface area (TPSA) is 71.3 Å². The van der Waals surface area contributed by atoms with E-state index in [9.17, 15) is 9.59 Å². The highest BCUT2D eigenvalue weighted by Crippen LogP contribution is 2.40. The lowest BCUT2D eigenvalue weighted by molar-refractivity contribution is -0.133. The third-order valence-electron chi connectivity index (χ3n) is 5.21. The smallest absolute Gasteiger partial charge is 0.223 e. The summed E-state index contributed by atoms with van der Waals surface area (Å²) >= 11 is 0. The first kappa shape index (κ1) is 16.0. The second kappa shape index (κ2) is 6.68. The summed E-state index contributed by atoms with van der Waals surface area (Å²) in [7, 11) is 0. The molecule has 2 aliphatic heterocycles. The summed E-state index contributed by atoms with van der Waals surface area (Å²) in [5, 5.41) is 4.04. The van der Waals surface area contributed by atoms with E-state index in [4.69, 9.17) is 0 Å². The molecule has 2 saturated heterocycles. The van der Waals surface area contributed by atoms with Crippen LogP contribution in [0.4, 0.5) is 0 Å². The van der Waals surface area contributed by atoms with Gasteiger partial charge in [0.2, 0.25) is 11.8 Å². The number of rotatable bonds is 5. The second-order valence-electron chi connectivity index (χ2n) is 6.73. The Morgan fingerprint density at radius 2 is 2.13 bits per heavy atom. The van der Waals surface area contributed by atoms with Crippen LogP contribution in [0.2, 0.25) is 0 Å². The zero-order valence-electron chi connectivity index (χ0n) is 13.8. The number of aryl methyl sites for hydroxylation is 1. The Balaban J connectivity index is 1.43. The lowest BCUT2D eigenvalue weighted by atomic mass is 9.77. The van der Waals surface area contributed by atoms with E-state index in [1.807, 2.05) is 16.7 Å². The number of hydrogen-bond acceptors (Lipinski definition) is 4. The van der Waals surface area contributed by atoms with Gasteiger partial charge in [0.25, 0.3) is 0 Å². The SMILES string of the molecule is CCN1CC2(CCN(C(=O)CCCn3cncn3)CC2)CC1=O. The minimum absolute atomic E-state index is 0.116. The van der Waals surface area contributed by atoms with Crippen LogP contribution in [-0.4, -0.2) is 62.6 Å². The molecule has 0 unspecified atom stereocenters. The molecule has 7 nitrogen and oxygen atoms in total. The molecule has 2 aliphatic rings. The number of carbonyl (C=O) groups excluding carboxylic acids is 2. The van der Waals surface area contributed by atoms with E-state index in [0.717, 1.165) is 52.0 Å². The van der Waals surface area contributed by atoms with Gasteiger partial charge in [-0.15, -0.1) is 0 Å². The van der Waals surface area contributed by atoms with Crippen LogP contribution < -0.4 is 0 Å². The monoisotopic (exact) mass is 319 g/mol. The van der Waals surface area contributed by atoms with Gasteiger partial charge in [0.15, 0.2) is 0 Å². The van der Waals surface area contributed by atoms with Crippen LogP contribution in [0.25, 0.3) is 0 Å². The Kier molecular flexibility index (Phi) is 4.63. The molecule has 1 aromatic rings. The number of hydrogen-bond donors (Lipinski definition) is 0. The highest BCUT2D eigenvalue weighted by molar-refractivity contribution is 5.80. The first-order chi connectivity index (χ1) is 11.1. The number of amides is 2. The molecule has 2 amide bonds. The largest absolute Gasteiger partial charge is 0.343 e. The molecule has 3 rings (SSSR count). The van der Waals surface area contributed by atoms with E-state index < -0.39 is 0 Å². The van der Waals surface area contributed by atoms with E-state index in [2.05, 4.69) is 10.1 Å². The van der Waals surface area contributed by atoms with Gasteiger partial charge in [0.1, 0.15) is 12.7 Å². The fourth-order valence-corrected chi connectivity index (χ4v) is 3.73. The molecule has 3 heterocycles. The fraction of sp³-hybridized carbons (Fsp3) is 0.750. The van der Waals surface area contributed by atoms with Crippen molar-refractivity contribution in [2.24, 2.45) is 5.41 Å². The van der Waals surface area contributed by atoms with Crippen molar-refractivity contribution in [3.05, 3.63) is 12.7 Å². The predicted molar refractivity (Wildman–Crippen MR) is 84.4 cm³/mol. The second-order valence-corrected chi connectivity index (χ2v) is 6.73. The summed E-state index contributed by atoms with van der Waals surface area (Å²) < 4.78 is 1.75. The molecule has 1 aromatic heterocycles. The molecular formula is C16H25N5O2. The van der Waals surface area contributed by atoms with Crippen LogP contribution in [0.5, 0.6) is 0 Å². The maximum absolute atomic E-state index is 12.3. The first-order valence-electron chi connectivity index (χ1n) is 8.50. The standard InChI is InChI=1S/C16H25N5O2/c1-2-19-11-16(10-15(19)23)5-8-20(9-6-16)14(22)4-3-7-21-13-17-12-18-21/h12-13H,2-11H2,1H3. The van der Waals surface area contributed by atoms with Crippen molar-refractivity contribution in [3.8, 4) is 0 Å². The highest BCUT2D eigenvalue weighted by atomic mass is 16.2. The third kappa shape index (κ3) is 3.54. The number of carbonyl (C=O) groups is 2. The van der Waals surface area contributed by atoms with Crippen molar-refractivity contribution in [2.45, 2.75) is 45.6 Å². The molecule has 0 radical (unpaired) electrons. The van der Waals surface area contributed by atoms with Crippen LogP contribution in [-0.2, 0) is 16.1 Å². The Hall–Kier alpha value is -1.92. The van der Waals surface area contributed by atoms with Crippen molar-refractivity contribution in [3.63, 3.8) is 0 Å². The Morgan fingerprint density at radius 1 is 1.35 bits per heavy atom. The quantitative estimate of drug-likeness (QED) is 0.809. The van der Waals surface area contributed by atoms with E-state index >= 15 is 0 Å². The highest BCUT2D eigenvalue weighted by Gasteiger charge is 2.44. The summed E-state index contributed by atoms with van der Waals surface area (Å²) in [4.78, 5) is 32.1. The number of nitrogens with zero attached hydrogens (tertiary/aromatic N) is 5. The van der Waals surface area contributed by atoms with Gasteiger partial charge in [-0.2, -0.15) is 5.10 Å². The fourth-order valence-electron chi connectivity index (χ4n) is 3.73. The molecule has 7 heteroatoms. The minimum Gasteiger partial charge on any atom is -0.343 e. The van der Waals surface area contributed by atoms with E-state index in [-0.39, 0.29) is 17.2 Å². The lowest BCUT2D eigenvalue weighted by Gasteiger charge is -2.38. The lowest BCUT2D eigenvalue weighted by Crippen LogP contribution is -2.44. The molecule has 0 saturated carbocycles. The van der Waals surface area contributed by atoms with Crippen molar-refractivity contribution >= 4 is 11.8 Å².